The van der Waals surface area contributed by atoms with Crippen molar-refractivity contribution in [1.82, 2.24) is 15.0 Å². The van der Waals surface area contributed by atoms with Crippen molar-refractivity contribution in [2.24, 2.45) is 0 Å². The predicted molar refractivity (Wildman–Crippen MR) is 70.5 cm³/mol. The third-order valence-corrected chi connectivity index (χ3v) is 2.37. The number of hydrogen-bond acceptors (Lipinski definition) is 6. The van der Waals surface area contributed by atoms with Crippen LogP contribution >= 0.6 is 0 Å². The predicted octanol–water partition coefficient (Wildman–Crippen LogP) is 1.09. The van der Waals surface area contributed by atoms with Crippen molar-refractivity contribution < 1.29 is 9.53 Å². The molecule has 0 aliphatic heterocycles. The largest absolute Gasteiger partial charge is 0.481 e. The van der Waals surface area contributed by atoms with Gasteiger partial charge >= 0.3 is 0 Å². The summed E-state index contributed by atoms with van der Waals surface area (Å²) in [5.41, 5.74) is 7.64. The Bertz CT molecular complexity index is 615. The van der Waals surface area contributed by atoms with Gasteiger partial charge in [-0.1, -0.05) is 0 Å². The molecule has 1 amide bonds. The van der Waals surface area contributed by atoms with Crippen LogP contribution in [0, 0.1) is 0 Å². The summed E-state index contributed by atoms with van der Waals surface area (Å²) >= 11 is 0. The van der Waals surface area contributed by atoms with E-state index in [9.17, 15) is 4.79 Å². The average Bonchev–Trinajstić information content (AvgIpc) is 2.38. The Hall–Kier alpha value is -2.70. The van der Waals surface area contributed by atoms with Crippen molar-refractivity contribution in [1.29, 1.82) is 0 Å². The SMILES string of the molecule is COc1cc(-c2cnc(NC(C)=O)cc2N)ncn1. The highest BCUT2D eigenvalue weighted by Gasteiger charge is 2.08. The summed E-state index contributed by atoms with van der Waals surface area (Å²) in [5.74, 6) is 0.633. The first kappa shape index (κ1) is 12.7. The van der Waals surface area contributed by atoms with Gasteiger partial charge in [0.05, 0.1) is 12.8 Å². The molecule has 0 aliphatic carbocycles. The zero-order chi connectivity index (χ0) is 13.8. The van der Waals surface area contributed by atoms with Gasteiger partial charge in [0.1, 0.15) is 12.1 Å². The van der Waals surface area contributed by atoms with Crippen LogP contribution in [0.4, 0.5) is 11.5 Å². The molecule has 0 aromatic carbocycles. The van der Waals surface area contributed by atoms with E-state index in [1.54, 1.807) is 18.3 Å². The maximum Gasteiger partial charge on any atom is 0.222 e. The Labute approximate surface area is 109 Å². The van der Waals surface area contributed by atoms with Crippen molar-refractivity contribution in [2.45, 2.75) is 6.92 Å². The molecule has 0 bridgehead atoms. The van der Waals surface area contributed by atoms with E-state index in [0.717, 1.165) is 0 Å². The second kappa shape index (κ2) is 5.30. The molecule has 0 saturated heterocycles. The van der Waals surface area contributed by atoms with Gasteiger partial charge in [-0.05, 0) is 0 Å². The zero-order valence-electron chi connectivity index (χ0n) is 10.5. The van der Waals surface area contributed by atoms with Gasteiger partial charge < -0.3 is 15.8 Å². The molecule has 0 atom stereocenters. The number of anilines is 2. The third-order valence-electron chi connectivity index (χ3n) is 2.37. The van der Waals surface area contributed by atoms with E-state index < -0.39 is 0 Å². The van der Waals surface area contributed by atoms with E-state index in [2.05, 4.69) is 20.3 Å². The van der Waals surface area contributed by atoms with E-state index in [1.165, 1.54) is 20.4 Å². The second-order valence-electron chi connectivity index (χ2n) is 3.78. The van der Waals surface area contributed by atoms with Crippen molar-refractivity contribution in [3.05, 3.63) is 24.7 Å². The lowest BCUT2D eigenvalue weighted by Gasteiger charge is -2.08. The van der Waals surface area contributed by atoms with Crippen LogP contribution in [0.15, 0.2) is 24.7 Å². The average molecular weight is 259 g/mol. The van der Waals surface area contributed by atoms with Gasteiger partial charge in [-0.3, -0.25) is 4.79 Å². The van der Waals surface area contributed by atoms with Crippen LogP contribution in [0.2, 0.25) is 0 Å². The van der Waals surface area contributed by atoms with Crippen LogP contribution in [0.1, 0.15) is 6.92 Å². The normalized spacial score (nSPS) is 10.0. The first-order valence-electron chi connectivity index (χ1n) is 5.49. The summed E-state index contributed by atoms with van der Waals surface area (Å²) in [4.78, 5) is 23.1. The maximum absolute atomic E-state index is 10.9. The van der Waals surface area contributed by atoms with Gasteiger partial charge in [-0.25, -0.2) is 15.0 Å². The standard InChI is InChI=1S/C12H13N5O2/c1-7(18)17-11-3-9(13)8(5-14-11)10-4-12(19-2)16-6-15-10/h3-6H,1-2H3,(H3,13,14,17,18). The zero-order valence-corrected chi connectivity index (χ0v) is 10.5. The number of methoxy groups -OCH3 is 1. The number of nitrogen functional groups attached to an aromatic ring is 1. The molecule has 7 heteroatoms. The molecule has 0 radical (unpaired) electrons. The molecule has 98 valence electrons. The molecule has 7 nitrogen and oxygen atoms in total. The summed E-state index contributed by atoms with van der Waals surface area (Å²) in [6.07, 6.45) is 2.93. The van der Waals surface area contributed by atoms with Gasteiger partial charge in [0.25, 0.3) is 0 Å². The third kappa shape index (κ3) is 2.95. The number of nitrogens with one attached hydrogen (secondary N) is 1. The van der Waals surface area contributed by atoms with Gasteiger partial charge in [-0.2, -0.15) is 0 Å². The summed E-state index contributed by atoms with van der Waals surface area (Å²) in [7, 11) is 1.52. The molecule has 2 rings (SSSR count). The number of carbonyl (C=O) groups is 1. The van der Waals surface area contributed by atoms with Crippen LogP contribution in [0.25, 0.3) is 11.3 Å². The molecular weight excluding hydrogens is 246 g/mol. The highest BCUT2D eigenvalue weighted by Crippen LogP contribution is 2.26. The highest BCUT2D eigenvalue weighted by molar-refractivity contribution is 5.89. The number of aromatic nitrogens is 3. The summed E-state index contributed by atoms with van der Waals surface area (Å²) < 4.78 is 5.02. The molecule has 3 N–H and O–H groups in total. The molecule has 0 aliphatic rings. The summed E-state index contributed by atoms with van der Waals surface area (Å²) in [6, 6.07) is 3.23. The lowest BCUT2D eigenvalue weighted by atomic mass is 10.1. The maximum atomic E-state index is 10.9. The molecule has 2 aromatic heterocycles. The van der Waals surface area contributed by atoms with Crippen LogP contribution in [0.3, 0.4) is 0 Å². The Balaban J connectivity index is 2.37. The Morgan fingerprint density at radius 1 is 1.32 bits per heavy atom. The Kier molecular flexibility index (Phi) is 3.56. The smallest absolute Gasteiger partial charge is 0.222 e. The summed E-state index contributed by atoms with van der Waals surface area (Å²) in [6.45, 7) is 1.40. The van der Waals surface area contributed by atoms with Crippen molar-refractivity contribution in [3.63, 3.8) is 0 Å². The Morgan fingerprint density at radius 3 is 2.74 bits per heavy atom. The minimum Gasteiger partial charge on any atom is -0.481 e. The number of nitrogens with two attached hydrogens (primary N) is 1. The lowest BCUT2D eigenvalue weighted by molar-refractivity contribution is -0.114. The summed E-state index contributed by atoms with van der Waals surface area (Å²) in [5, 5.41) is 2.56. The number of carbonyl (C=O) groups excluding carboxylic acids is 1. The molecule has 2 aromatic rings. The number of pyridine rings is 1. The molecule has 19 heavy (non-hydrogen) atoms. The van der Waals surface area contributed by atoms with E-state index in [0.29, 0.717) is 28.6 Å². The van der Waals surface area contributed by atoms with E-state index >= 15 is 0 Å². The van der Waals surface area contributed by atoms with Crippen LogP contribution in [-0.4, -0.2) is 28.0 Å². The molecular formula is C12H13N5O2. The van der Waals surface area contributed by atoms with Gasteiger partial charge in [0.15, 0.2) is 0 Å². The molecule has 0 fully saturated rings. The van der Waals surface area contributed by atoms with Crippen molar-refractivity contribution in [2.75, 3.05) is 18.2 Å². The fourth-order valence-electron chi connectivity index (χ4n) is 1.53. The van der Waals surface area contributed by atoms with Gasteiger partial charge in [-0.15, -0.1) is 0 Å². The fourth-order valence-corrected chi connectivity index (χ4v) is 1.53. The van der Waals surface area contributed by atoms with Gasteiger partial charge in [0.2, 0.25) is 11.8 Å². The van der Waals surface area contributed by atoms with Crippen LogP contribution < -0.4 is 15.8 Å². The molecule has 0 unspecified atom stereocenters. The number of nitrogens with zero attached hydrogens (tertiary/aromatic N) is 3. The minimum absolute atomic E-state index is 0.205. The first-order valence-corrected chi connectivity index (χ1v) is 5.49. The van der Waals surface area contributed by atoms with Crippen LogP contribution in [-0.2, 0) is 4.79 Å². The van der Waals surface area contributed by atoms with E-state index in [-0.39, 0.29) is 5.91 Å². The molecule has 2 heterocycles. The van der Waals surface area contributed by atoms with Crippen LogP contribution in [0.5, 0.6) is 5.88 Å². The second-order valence-corrected chi connectivity index (χ2v) is 3.78. The van der Waals surface area contributed by atoms with Crippen molar-refractivity contribution in [3.8, 4) is 17.1 Å². The quantitative estimate of drug-likeness (QED) is 0.855. The number of rotatable bonds is 3. The monoisotopic (exact) mass is 259 g/mol. The van der Waals surface area contributed by atoms with Gasteiger partial charge in [0, 0.05) is 36.5 Å². The van der Waals surface area contributed by atoms with E-state index in [1.807, 2.05) is 0 Å². The topological polar surface area (TPSA) is 103 Å². The number of hydrogen-bond donors (Lipinski definition) is 2. The molecule has 0 spiro atoms. The first-order chi connectivity index (χ1) is 9.10. The number of ether oxygens (including phenoxy) is 1. The lowest BCUT2D eigenvalue weighted by Crippen LogP contribution is -2.08. The fraction of sp³-hybridized carbons (Fsp3) is 0.167. The highest BCUT2D eigenvalue weighted by atomic mass is 16.5. The van der Waals surface area contributed by atoms with Crippen molar-refractivity contribution >= 4 is 17.4 Å². The minimum atomic E-state index is -0.205. The Morgan fingerprint density at radius 2 is 2.11 bits per heavy atom. The van der Waals surface area contributed by atoms with E-state index in [4.69, 9.17) is 10.5 Å². The number of amides is 1. The molecule has 0 saturated carbocycles.